The highest BCUT2D eigenvalue weighted by Gasteiger charge is 2.31. The maximum Gasteiger partial charge on any atom is 0.261 e. The number of carbonyl (C=O) groups excluding carboxylic acids is 1. The normalized spacial score (nSPS) is 18.2. The fraction of sp³-hybridized carbons (Fsp3) is 0.350. The van der Waals surface area contributed by atoms with E-state index in [2.05, 4.69) is 5.32 Å². The van der Waals surface area contributed by atoms with Crippen molar-refractivity contribution >= 4 is 5.91 Å². The summed E-state index contributed by atoms with van der Waals surface area (Å²) in [5.41, 5.74) is 2.56. The lowest BCUT2D eigenvalue weighted by atomic mass is 9.96. The maximum atomic E-state index is 13.0. The Kier molecular flexibility index (Phi) is 4.52. The van der Waals surface area contributed by atoms with Gasteiger partial charge in [-0.2, -0.15) is 0 Å². The van der Waals surface area contributed by atoms with Crippen LogP contribution in [-0.2, 0) is 16.8 Å². The van der Waals surface area contributed by atoms with Crippen LogP contribution >= 0.6 is 0 Å². The quantitative estimate of drug-likeness (QED) is 0.897. The van der Waals surface area contributed by atoms with Gasteiger partial charge in [-0.15, -0.1) is 0 Å². The van der Waals surface area contributed by atoms with Crippen molar-refractivity contribution in [3.05, 3.63) is 64.5 Å². The monoisotopic (exact) mass is 343 g/mol. The molecule has 0 radical (unpaired) electrons. The summed E-state index contributed by atoms with van der Waals surface area (Å²) in [5.74, 6) is 0.105. The van der Waals surface area contributed by atoms with E-state index in [1.807, 2.05) is 26.0 Å². The molecule has 5 heteroatoms. The molecule has 1 heterocycles. The first-order chi connectivity index (χ1) is 11.8. The molecule has 2 atom stereocenters. The highest BCUT2D eigenvalue weighted by Crippen LogP contribution is 2.31. The van der Waals surface area contributed by atoms with Crippen LogP contribution in [0.15, 0.2) is 36.4 Å². The Hall–Kier alpha value is -2.40. The van der Waals surface area contributed by atoms with E-state index >= 15 is 0 Å². The SMILES string of the molecule is Cc1cc2c(cc1C)OC(C(=O)NCC(C)(O)c1ccc(F)cc1)C2. The van der Waals surface area contributed by atoms with Gasteiger partial charge < -0.3 is 15.2 Å². The predicted molar refractivity (Wildman–Crippen MR) is 93.0 cm³/mol. The van der Waals surface area contributed by atoms with Crippen LogP contribution in [0.2, 0.25) is 0 Å². The van der Waals surface area contributed by atoms with Crippen molar-refractivity contribution in [3.63, 3.8) is 0 Å². The van der Waals surface area contributed by atoms with Gasteiger partial charge in [0.05, 0.1) is 6.54 Å². The molecule has 1 aliphatic heterocycles. The van der Waals surface area contributed by atoms with Crippen molar-refractivity contribution < 1.29 is 19.0 Å². The zero-order chi connectivity index (χ0) is 18.2. The van der Waals surface area contributed by atoms with Gasteiger partial charge in [-0.3, -0.25) is 4.79 Å². The lowest BCUT2D eigenvalue weighted by Crippen LogP contribution is -2.44. The van der Waals surface area contributed by atoms with Gasteiger partial charge in [-0.25, -0.2) is 4.39 Å². The van der Waals surface area contributed by atoms with Crippen molar-refractivity contribution in [1.82, 2.24) is 5.32 Å². The van der Waals surface area contributed by atoms with E-state index in [0.717, 1.165) is 16.9 Å². The number of nitrogens with one attached hydrogen (secondary N) is 1. The van der Waals surface area contributed by atoms with E-state index in [1.54, 1.807) is 6.92 Å². The number of hydrogen-bond acceptors (Lipinski definition) is 3. The number of aliphatic hydroxyl groups is 1. The van der Waals surface area contributed by atoms with E-state index in [9.17, 15) is 14.3 Å². The third-order valence-electron chi connectivity index (χ3n) is 4.72. The Morgan fingerprint density at radius 1 is 1.28 bits per heavy atom. The smallest absolute Gasteiger partial charge is 0.261 e. The Morgan fingerprint density at radius 2 is 1.92 bits per heavy atom. The molecule has 1 amide bonds. The van der Waals surface area contributed by atoms with Gasteiger partial charge in [-0.05, 0) is 61.2 Å². The highest BCUT2D eigenvalue weighted by molar-refractivity contribution is 5.82. The van der Waals surface area contributed by atoms with E-state index in [1.165, 1.54) is 29.8 Å². The van der Waals surface area contributed by atoms with E-state index in [-0.39, 0.29) is 18.3 Å². The van der Waals surface area contributed by atoms with Crippen molar-refractivity contribution in [2.75, 3.05) is 6.54 Å². The lowest BCUT2D eigenvalue weighted by molar-refractivity contribution is -0.128. The average molecular weight is 343 g/mol. The minimum atomic E-state index is -1.29. The molecule has 2 aromatic rings. The second-order valence-electron chi connectivity index (χ2n) is 6.85. The second kappa shape index (κ2) is 6.48. The topological polar surface area (TPSA) is 58.6 Å². The number of halogens is 1. The van der Waals surface area contributed by atoms with E-state index in [4.69, 9.17) is 4.74 Å². The molecule has 0 fully saturated rings. The average Bonchev–Trinajstić information content (AvgIpc) is 2.96. The van der Waals surface area contributed by atoms with Gasteiger partial charge >= 0.3 is 0 Å². The van der Waals surface area contributed by atoms with Gasteiger partial charge in [0.15, 0.2) is 6.10 Å². The van der Waals surface area contributed by atoms with Crippen molar-refractivity contribution in [2.45, 2.75) is 38.9 Å². The molecule has 25 heavy (non-hydrogen) atoms. The summed E-state index contributed by atoms with van der Waals surface area (Å²) in [6.45, 7) is 5.64. The minimum absolute atomic E-state index is 0.0196. The third kappa shape index (κ3) is 3.66. The first-order valence-electron chi connectivity index (χ1n) is 8.29. The molecule has 4 nitrogen and oxygen atoms in total. The molecule has 132 valence electrons. The number of fused-ring (bicyclic) bond motifs is 1. The summed E-state index contributed by atoms with van der Waals surface area (Å²) in [6.07, 6.45) is -0.0822. The maximum absolute atomic E-state index is 13.0. The zero-order valence-electron chi connectivity index (χ0n) is 14.6. The van der Waals surface area contributed by atoms with Crippen LogP contribution in [0.4, 0.5) is 4.39 Å². The van der Waals surface area contributed by atoms with E-state index in [0.29, 0.717) is 12.0 Å². The Labute approximate surface area is 146 Å². The van der Waals surface area contributed by atoms with Crippen LogP contribution in [0.5, 0.6) is 5.75 Å². The number of rotatable bonds is 4. The summed E-state index contributed by atoms with van der Waals surface area (Å²) in [6, 6.07) is 9.59. The van der Waals surface area contributed by atoms with Gasteiger partial charge in [0.1, 0.15) is 17.2 Å². The molecule has 0 aromatic heterocycles. The van der Waals surface area contributed by atoms with Crippen LogP contribution in [0.3, 0.4) is 0 Å². The Bertz CT molecular complexity index is 768. The van der Waals surface area contributed by atoms with Gasteiger partial charge in [0.25, 0.3) is 5.91 Å². The van der Waals surface area contributed by atoms with Crippen LogP contribution in [0, 0.1) is 19.7 Å². The fourth-order valence-electron chi connectivity index (χ4n) is 2.94. The number of hydrogen-bond donors (Lipinski definition) is 2. The molecule has 3 rings (SSSR count). The Balaban J connectivity index is 1.62. The molecule has 2 N–H and O–H groups in total. The summed E-state index contributed by atoms with van der Waals surface area (Å²) in [4.78, 5) is 12.4. The zero-order valence-corrected chi connectivity index (χ0v) is 14.6. The Morgan fingerprint density at radius 3 is 2.60 bits per heavy atom. The molecule has 0 saturated carbocycles. The summed E-state index contributed by atoms with van der Waals surface area (Å²) in [5, 5.41) is 13.3. The first-order valence-corrected chi connectivity index (χ1v) is 8.29. The number of amides is 1. The van der Waals surface area contributed by atoms with Crippen LogP contribution < -0.4 is 10.1 Å². The van der Waals surface area contributed by atoms with Gasteiger partial charge in [0.2, 0.25) is 0 Å². The van der Waals surface area contributed by atoms with Crippen molar-refractivity contribution in [2.24, 2.45) is 0 Å². The molecular weight excluding hydrogens is 321 g/mol. The second-order valence-corrected chi connectivity index (χ2v) is 6.85. The lowest BCUT2D eigenvalue weighted by Gasteiger charge is -2.25. The number of aryl methyl sites for hydroxylation is 2. The largest absolute Gasteiger partial charge is 0.480 e. The minimum Gasteiger partial charge on any atom is -0.480 e. The van der Waals surface area contributed by atoms with Crippen molar-refractivity contribution in [1.29, 1.82) is 0 Å². The summed E-state index contributed by atoms with van der Waals surface area (Å²) < 4.78 is 18.8. The molecule has 0 saturated heterocycles. The molecule has 2 aromatic carbocycles. The number of ether oxygens (including phenoxy) is 1. The predicted octanol–water partition coefficient (Wildman–Crippen LogP) is 2.77. The first kappa shape index (κ1) is 17.4. The summed E-state index contributed by atoms with van der Waals surface area (Å²) in [7, 11) is 0. The number of benzene rings is 2. The summed E-state index contributed by atoms with van der Waals surface area (Å²) >= 11 is 0. The van der Waals surface area contributed by atoms with Crippen LogP contribution in [0.1, 0.15) is 29.2 Å². The van der Waals surface area contributed by atoms with Gasteiger partial charge in [-0.1, -0.05) is 18.2 Å². The highest BCUT2D eigenvalue weighted by atomic mass is 19.1. The van der Waals surface area contributed by atoms with Crippen molar-refractivity contribution in [3.8, 4) is 5.75 Å². The molecule has 0 spiro atoms. The molecule has 2 unspecified atom stereocenters. The van der Waals surface area contributed by atoms with E-state index < -0.39 is 11.7 Å². The number of carbonyl (C=O) groups is 1. The van der Waals surface area contributed by atoms with Gasteiger partial charge in [0, 0.05) is 6.42 Å². The standard InChI is InChI=1S/C20H22FNO3/c1-12-8-14-10-18(25-17(14)9-13(12)2)19(23)22-11-20(3,24)15-4-6-16(21)7-5-15/h4-9,18,24H,10-11H2,1-3H3,(H,22,23). The van der Waals surface area contributed by atoms with Crippen LogP contribution in [0.25, 0.3) is 0 Å². The fourth-order valence-corrected chi connectivity index (χ4v) is 2.94. The molecule has 0 bridgehead atoms. The molecule has 0 aliphatic carbocycles. The van der Waals surface area contributed by atoms with Crippen LogP contribution in [-0.4, -0.2) is 23.7 Å². The molecular formula is C20H22FNO3. The molecule has 1 aliphatic rings. The third-order valence-corrected chi connectivity index (χ3v) is 4.72.